The first-order valence-electron chi connectivity index (χ1n) is 6.76. The lowest BCUT2D eigenvalue weighted by Gasteiger charge is -2.18. The number of anilines is 1. The number of fused-ring (bicyclic) bond motifs is 3. The number of ether oxygens (including phenoxy) is 1. The number of nitrogens with two attached hydrogens (primary N) is 1. The number of nitrogen functional groups attached to an aromatic ring is 1. The van der Waals surface area contributed by atoms with Gasteiger partial charge in [-0.05, 0) is 12.5 Å². The molecule has 0 aliphatic heterocycles. The third-order valence-corrected chi connectivity index (χ3v) is 3.65. The Bertz CT molecular complexity index is 750. The molecule has 0 spiro atoms. The summed E-state index contributed by atoms with van der Waals surface area (Å²) in [5.41, 5.74) is 8.94. The van der Waals surface area contributed by atoms with Crippen LogP contribution in [0.2, 0.25) is 0 Å². The van der Waals surface area contributed by atoms with Crippen molar-refractivity contribution in [2.45, 2.75) is 19.4 Å². The summed E-state index contributed by atoms with van der Waals surface area (Å²) in [6, 6.07) is 8.23. The molecular formula is C15H18N4O. The van der Waals surface area contributed by atoms with Crippen LogP contribution in [0.3, 0.4) is 0 Å². The number of aromatic nitrogens is 3. The Kier molecular flexibility index (Phi) is 3.28. The summed E-state index contributed by atoms with van der Waals surface area (Å²) in [6.07, 6.45) is 2.71. The summed E-state index contributed by atoms with van der Waals surface area (Å²) >= 11 is 0. The van der Waals surface area contributed by atoms with Crippen molar-refractivity contribution in [2.24, 2.45) is 0 Å². The Morgan fingerprint density at radius 1 is 1.30 bits per heavy atom. The number of pyridine rings is 1. The molecule has 0 aliphatic carbocycles. The third kappa shape index (κ3) is 1.91. The van der Waals surface area contributed by atoms with Gasteiger partial charge >= 0.3 is 0 Å². The lowest BCUT2D eigenvalue weighted by atomic mass is 10.1. The maximum absolute atomic E-state index is 6.12. The van der Waals surface area contributed by atoms with Gasteiger partial charge in [0.25, 0.3) is 0 Å². The molecule has 1 aromatic carbocycles. The van der Waals surface area contributed by atoms with Gasteiger partial charge in [-0.1, -0.05) is 25.1 Å². The van der Waals surface area contributed by atoms with Crippen molar-refractivity contribution in [3.05, 3.63) is 30.5 Å². The zero-order chi connectivity index (χ0) is 14.1. The second-order valence-electron chi connectivity index (χ2n) is 4.87. The molecular weight excluding hydrogens is 252 g/mol. The summed E-state index contributed by atoms with van der Waals surface area (Å²) in [5.74, 6) is 0.516. The molecule has 0 saturated carbocycles. The average Bonchev–Trinajstić information content (AvgIpc) is 2.81. The first-order valence-corrected chi connectivity index (χ1v) is 6.76. The standard InChI is InChI=1S/C15H18N4O/c1-3-10(9-20-2)19-14-11-6-4-5-7-12(11)17-8-13(14)18-15(19)16/h4-8,10H,3,9H2,1-2H3,(H2,16,18). The molecule has 5 heteroatoms. The largest absolute Gasteiger partial charge is 0.383 e. The van der Waals surface area contributed by atoms with Crippen LogP contribution in [0.25, 0.3) is 21.9 Å². The Morgan fingerprint density at radius 3 is 2.85 bits per heavy atom. The first-order chi connectivity index (χ1) is 9.76. The highest BCUT2D eigenvalue weighted by atomic mass is 16.5. The van der Waals surface area contributed by atoms with E-state index in [2.05, 4.69) is 27.5 Å². The van der Waals surface area contributed by atoms with Crippen molar-refractivity contribution in [2.75, 3.05) is 19.5 Å². The first kappa shape index (κ1) is 12.9. The zero-order valence-electron chi connectivity index (χ0n) is 11.7. The number of benzene rings is 1. The molecule has 0 saturated heterocycles. The van der Waals surface area contributed by atoms with E-state index in [-0.39, 0.29) is 6.04 Å². The van der Waals surface area contributed by atoms with Crippen LogP contribution in [0.5, 0.6) is 0 Å². The van der Waals surface area contributed by atoms with E-state index in [1.54, 1.807) is 13.3 Å². The molecule has 1 unspecified atom stereocenters. The van der Waals surface area contributed by atoms with E-state index in [1.807, 2.05) is 18.2 Å². The minimum atomic E-state index is 0.177. The van der Waals surface area contributed by atoms with E-state index >= 15 is 0 Å². The Balaban J connectivity index is 2.34. The predicted molar refractivity (Wildman–Crippen MR) is 80.7 cm³/mol. The molecule has 2 N–H and O–H groups in total. The van der Waals surface area contributed by atoms with Crippen molar-refractivity contribution < 1.29 is 4.74 Å². The highest BCUT2D eigenvalue weighted by molar-refractivity contribution is 6.03. The minimum Gasteiger partial charge on any atom is -0.383 e. The van der Waals surface area contributed by atoms with Gasteiger partial charge in [-0.3, -0.25) is 4.98 Å². The van der Waals surface area contributed by atoms with Gasteiger partial charge in [0, 0.05) is 12.5 Å². The van der Waals surface area contributed by atoms with Crippen LogP contribution in [0.4, 0.5) is 5.95 Å². The summed E-state index contributed by atoms with van der Waals surface area (Å²) in [6.45, 7) is 2.74. The molecule has 2 heterocycles. The Morgan fingerprint density at radius 2 is 2.10 bits per heavy atom. The highest BCUT2D eigenvalue weighted by Crippen LogP contribution is 2.29. The minimum absolute atomic E-state index is 0.177. The summed E-state index contributed by atoms with van der Waals surface area (Å²) in [7, 11) is 1.71. The third-order valence-electron chi connectivity index (χ3n) is 3.65. The molecule has 5 nitrogen and oxygen atoms in total. The van der Waals surface area contributed by atoms with E-state index in [0.29, 0.717) is 12.6 Å². The SMILES string of the molecule is CCC(COC)n1c(N)nc2cnc3ccccc3c21. The molecule has 0 bridgehead atoms. The van der Waals surface area contributed by atoms with E-state index < -0.39 is 0 Å². The van der Waals surface area contributed by atoms with Crippen LogP contribution in [-0.2, 0) is 4.74 Å². The molecule has 0 fully saturated rings. The Hall–Kier alpha value is -2.14. The monoisotopic (exact) mass is 270 g/mol. The topological polar surface area (TPSA) is 66.0 Å². The van der Waals surface area contributed by atoms with Gasteiger partial charge in [0.15, 0.2) is 0 Å². The molecule has 3 rings (SSSR count). The second-order valence-corrected chi connectivity index (χ2v) is 4.87. The van der Waals surface area contributed by atoms with Gasteiger partial charge in [0.05, 0.1) is 29.9 Å². The highest BCUT2D eigenvalue weighted by Gasteiger charge is 2.18. The summed E-state index contributed by atoms with van der Waals surface area (Å²) in [5, 5.41) is 1.07. The van der Waals surface area contributed by atoms with Gasteiger partial charge in [-0.15, -0.1) is 0 Å². The molecule has 20 heavy (non-hydrogen) atoms. The van der Waals surface area contributed by atoms with E-state index in [4.69, 9.17) is 10.5 Å². The molecule has 0 aliphatic rings. The van der Waals surface area contributed by atoms with E-state index in [0.717, 1.165) is 28.4 Å². The van der Waals surface area contributed by atoms with Gasteiger partial charge in [0.1, 0.15) is 5.52 Å². The van der Waals surface area contributed by atoms with E-state index in [1.165, 1.54) is 0 Å². The fraction of sp³-hybridized carbons (Fsp3) is 0.333. The maximum atomic E-state index is 6.12. The predicted octanol–water partition coefficient (Wildman–Crippen LogP) is 2.76. The van der Waals surface area contributed by atoms with Crippen LogP contribution in [0.15, 0.2) is 30.5 Å². The van der Waals surface area contributed by atoms with E-state index in [9.17, 15) is 0 Å². The number of hydrogen-bond donors (Lipinski definition) is 1. The molecule has 104 valence electrons. The molecule has 2 aromatic heterocycles. The summed E-state index contributed by atoms with van der Waals surface area (Å²) in [4.78, 5) is 8.87. The number of hydrogen-bond acceptors (Lipinski definition) is 4. The van der Waals surface area contributed by atoms with Crippen LogP contribution in [0.1, 0.15) is 19.4 Å². The average molecular weight is 270 g/mol. The lowest BCUT2D eigenvalue weighted by molar-refractivity contribution is 0.155. The van der Waals surface area contributed by atoms with Crippen molar-refractivity contribution in [3.63, 3.8) is 0 Å². The molecule has 0 radical (unpaired) electrons. The molecule has 1 atom stereocenters. The quantitative estimate of drug-likeness (QED) is 0.791. The number of methoxy groups -OCH3 is 1. The molecule has 3 aromatic rings. The van der Waals surface area contributed by atoms with Crippen LogP contribution in [0, 0.1) is 0 Å². The fourth-order valence-electron chi connectivity index (χ4n) is 2.68. The van der Waals surface area contributed by atoms with Crippen LogP contribution in [-0.4, -0.2) is 28.3 Å². The zero-order valence-corrected chi connectivity index (χ0v) is 11.7. The summed E-state index contributed by atoms with van der Waals surface area (Å²) < 4.78 is 7.39. The van der Waals surface area contributed by atoms with Crippen molar-refractivity contribution in [1.29, 1.82) is 0 Å². The van der Waals surface area contributed by atoms with Gasteiger partial charge in [0.2, 0.25) is 5.95 Å². The van der Waals surface area contributed by atoms with Crippen molar-refractivity contribution in [1.82, 2.24) is 14.5 Å². The van der Waals surface area contributed by atoms with Gasteiger partial charge < -0.3 is 15.0 Å². The van der Waals surface area contributed by atoms with Gasteiger partial charge in [-0.25, -0.2) is 4.98 Å². The maximum Gasteiger partial charge on any atom is 0.201 e. The van der Waals surface area contributed by atoms with Crippen LogP contribution < -0.4 is 5.73 Å². The normalized spacial score (nSPS) is 13.1. The second kappa shape index (κ2) is 5.09. The fourth-order valence-corrected chi connectivity index (χ4v) is 2.68. The lowest BCUT2D eigenvalue weighted by Crippen LogP contribution is -2.16. The van der Waals surface area contributed by atoms with Gasteiger partial charge in [-0.2, -0.15) is 0 Å². The molecule has 0 amide bonds. The van der Waals surface area contributed by atoms with Crippen molar-refractivity contribution >= 4 is 27.9 Å². The van der Waals surface area contributed by atoms with Crippen LogP contribution >= 0.6 is 0 Å². The number of imidazole rings is 1. The number of rotatable bonds is 4. The Labute approximate surface area is 117 Å². The van der Waals surface area contributed by atoms with Crippen molar-refractivity contribution in [3.8, 4) is 0 Å². The number of para-hydroxylation sites is 1. The number of nitrogens with zero attached hydrogens (tertiary/aromatic N) is 3. The smallest absolute Gasteiger partial charge is 0.201 e.